The molecule has 8 heteroatoms. The Balaban J connectivity index is 1.43. The summed E-state index contributed by atoms with van der Waals surface area (Å²) in [5, 5.41) is 8.39. The molecule has 0 saturated carbocycles. The van der Waals surface area contributed by atoms with Gasteiger partial charge in [0.1, 0.15) is 6.33 Å². The number of carbonyl (C=O) groups excluding carboxylic acids is 1. The number of aryl methyl sites for hydroxylation is 2. The van der Waals surface area contributed by atoms with Crippen molar-refractivity contribution in [3.05, 3.63) is 41.7 Å². The van der Waals surface area contributed by atoms with Gasteiger partial charge in [0.05, 0.1) is 6.42 Å². The van der Waals surface area contributed by atoms with Crippen molar-refractivity contribution in [1.29, 1.82) is 0 Å². The van der Waals surface area contributed by atoms with Gasteiger partial charge in [-0.15, -0.1) is 5.10 Å². The standard InChI is InChI=1S/C19H23N7O/c1-3-26-19-17(22-23-26)18(20-13-21-19)25-9-7-24(8-10-25)16(27)12-15-6-4-5-14(2)11-15/h4-6,11,13H,3,7-10,12H2,1-2H3. The molecule has 1 saturated heterocycles. The first-order valence-electron chi connectivity index (χ1n) is 9.28. The molecule has 1 aliphatic rings. The Hall–Kier alpha value is -3.03. The minimum absolute atomic E-state index is 0.171. The Morgan fingerprint density at radius 3 is 2.70 bits per heavy atom. The minimum atomic E-state index is 0.171. The normalized spacial score (nSPS) is 14.7. The van der Waals surface area contributed by atoms with Crippen LogP contribution in [0.15, 0.2) is 30.6 Å². The van der Waals surface area contributed by atoms with E-state index >= 15 is 0 Å². The topological polar surface area (TPSA) is 80.0 Å². The SMILES string of the molecule is CCn1nnc2c(N3CCN(C(=O)Cc4cccc(C)c4)CC3)ncnc21. The number of fused-ring (bicyclic) bond motifs is 1. The molecule has 1 amide bonds. The van der Waals surface area contributed by atoms with Crippen molar-refractivity contribution in [3.63, 3.8) is 0 Å². The van der Waals surface area contributed by atoms with Crippen LogP contribution in [-0.2, 0) is 17.8 Å². The largest absolute Gasteiger partial charge is 0.351 e. The molecule has 140 valence electrons. The van der Waals surface area contributed by atoms with E-state index < -0.39 is 0 Å². The zero-order valence-electron chi connectivity index (χ0n) is 15.7. The van der Waals surface area contributed by atoms with E-state index in [1.807, 2.05) is 36.9 Å². The Kier molecular flexibility index (Phi) is 4.70. The predicted octanol–water partition coefficient (Wildman–Crippen LogP) is 1.44. The molecule has 8 nitrogen and oxygen atoms in total. The van der Waals surface area contributed by atoms with Gasteiger partial charge in [-0.25, -0.2) is 14.6 Å². The lowest BCUT2D eigenvalue weighted by Crippen LogP contribution is -2.49. The Morgan fingerprint density at radius 2 is 1.96 bits per heavy atom. The van der Waals surface area contributed by atoms with E-state index in [2.05, 4.69) is 31.2 Å². The van der Waals surface area contributed by atoms with Gasteiger partial charge in [-0.1, -0.05) is 35.0 Å². The van der Waals surface area contributed by atoms with E-state index in [4.69, 9.17) is 0 Å². The van der Waals surface area contributed by atoms with Crippen LogP contribution in [-0.4, -0.2) is 61.9 Å². The van der Waals surface area contributed by atoms with Crippen LogP contribution in [0.2, 0.25) is 0 Å². The van der Waals surface area contributed by atoms with Gasteiger partial charge in [0.25, 0.3) is 0 Å². The number of rotatable bonds is 4. The smallest absolute Gasteiger partial charge is 0.227 e. The van der Waals surface area contributed by atoms with Crippen LogP contribution in [0.4, 0.5) is 5.82 Å². The molecule has 1 fully saturated rings. The molecule has 0 radical (unpaired) electrons. The summed E-state index contributed by atoms with van der Waals surface area (Å²) in [5.41, 5.74) is 3.72. The summed E-state index contributed by atoms with van der Waals surface area (Å²) >= 11 is 0. The minimum Gasteiger partial charge on any atom is -0.351 e. The fourth-order valence-electron chi connectivity index (χ4n) is 3.50. The number of piperazine rings is 1. The van der Waals surface area contributed by atoms with Gasteiger partial charge in [-0.3, -0.25) is 4.79 Å². The predicted molar refractivity (Wildman–Crippen MR) is 102 cm³/mol. The third kappa shape index (κ3) is 3.47. The summed E-state index contributed by atoms with van der Waals surface area (Å²) in [6.45, 7) is 7.58. The first-order valence-corrected chi connectivity index (χ1v) is 9.28. The third-order valence-electron chi connectivity index (χ3n) is 4.95. The maximum atomic E-state index is 12.6. The molecule has 0 bridgehead atoms. The fourth-order valence-corrected chi connectivity index (χ4v) is 3.50. The number of anilines is 1. The van der Waals surface area contributed by atoms with Gasteiger partial charge >= 0.3 is 0 Å². The molecule has 2 aromatic heterocycles. The second-order valence-corrected chi connectivity index (χ2v) is 6.81. The third-order valence-corrected chi connectivity index (χ3v) is 4.95. The van der Waals surface area contributed by atoms with E-state index in [9.17, 15) is 4.79 Å². The van der Waals surface area contributed by atoms with Crippen molar-refractivity contribution >= 4 is 22.9 Å². The lowest BCUT2D eigenvalue weighted by molar-refractivity contribution is -0.130. The molecule has 0 aliphatic carbocycles. The second kappa shape index (κ2) is 7.30. The molecule has 0 N–H and O–H groups in total. The molecule has 27 heavy (non-hydrogen) atoms. The maximum absolute atomic E-state index is 12.6. The highest BCUT2D eigenvalue weighted by Gasteiger charge is 2.24. The molecule has 4 rings (SSSR count). The molecule has 0 atom stereocenters. The van der Waals surface area contributed by atoms with Gasteiger partial charge in [0.15, 0.2) is 17.0 Å². The number of aromatic nitrogens is 5. The van der Waals surface area contributed by atoms with E-state index in [1.165, 1.54) is 5.56 Å². The summed E-state index contributed by atoms with van der Waals surface area (Å²) in [6, 6.07) is 8.13. The molecule has 0 unspecified atom stereocenters. The van der Waals surface area contributed by atoms with E-state index in [0.29, 0.717) is 26.1 Å². The molecule has 3 heterocycles. The molecule has 0 spiro atoms. The first-order chi connectivity index (χ1) is 13.2. The number of benzene rings is 1. The maximum Gasteiger partial charge on any atom is 0.227 e. The summed E-state index contributed by atoms with van der Waals surface area (Å²) in [5.74, 6) is 0.968. The zero-order chi connectivity index (χ0) is 18.8. The van der Waals surface area contributed by atoms with Crippen molar-refractivity contribution in [2.75, 3.05) is 31.1 Å². The second-order valence-electron chi connectivity index (χ2n) is 6.81. The summed E-state index contributed by atoms with van der Waals surface area (Å²) in [7, 11) is 0. The van der Waals surface area contributed by atoms with Gasteiger partial charge in [0.2, 0.25) is 5.91 Å². The Morgan fingerprint density at radius 1 is 1.15 bits per heavy atom. The number of carbonyl (C=O) groups is 1. The van der Waals surface area contributed by atoms with Crippen LogP contribution >= 0.6 is 0 Å². The highest BCUT2D eigenvalue weighted by molar-refractivity contribution is 5.83. The first kappa shape index (κ1) is 17.4. The summed E-state index contributed by atoms with van der Waals surface area (Å²) < 4.78 is 1.77. The lowest BCUT2D eigenvalue weighted by atomic mass is 10.1. The van der Waals surface area contributed by atoms with Crippen LogP contribution < -0.4 is 4.90 Å². The zero-order valence-corrected chi connectivity index (χ0v) is 15.7. The van der Waals surface area contributed by atoms with Crippen molar-refractivity contribution in [1.82, 2.24) is 29.9 Å². The average Bonchev–Trinajstić information content (AvgIpc) is 3.11. The van der Waals surface area contributed by atoms with Gasteiger partial charge < -0.3 is 9.80 Å². The van der Waals surface area contributed by atoms with E-state index in [0.717, 1.165) is 35.6 Å². The van der Waals surface area contributed by atoms with Crippen molar-refractivity contribution in [3.8, 4) is 0 Å². The molecule has 3 aromatic rings. The van der Waals surface area contributed by atoms with E-state index in [1.54, 1.807) is 11.0 Å². The molecule has 1 aliphatic heterocycles. The quantitative estimate of drug-likeness (QED) is 0.696. The fraction of sp³-hybridized carbons (Fsp3) is 0.421. The van der Waals surface area contributed by atoms with Gasteiger partial charge in [-0.2, -0.15) is 0 Å². The van der Waals surface area contributed by atoms with Crippen LogP contribution in [0.1, 0.15) is 18.1 Å². The van der Waals surface area contributed by atoms with Crippen molar-refractivity contribution < 1.29 is 4.79 Å². The average molecular weight is 365 g/mol. The lowest BCUT2D eigenvalue weighted by Gasteiger charge is -2.35. The molecular formula is C19H23N7O. The number of hydrogen-bond acceptors (Lipinski definition) is 6. The van der Waals surface area contributed by atoms with Crippen LogP contribution in [0, 0.1) is 6.92 Å². The number of amides is 1. The summed E-state index contributed by atoms with van der Waals surface area (Å²) in [6.07, 6.45) is 2.01. The van der Waals surface area contributed by atoms with Crippen LogP contribution in [0.5, 0.6) is 0 Å². The number of nitrogens with zero attached hydrogens (tertiary/aromatic N) is 7. The monoisotopic (exact) mass is 365 g/mol. The summed E-state index contributed by atoms with van der Waals surface area (Å²) in [4.78, 5) is 25.4. The highest BCUT2D eigenvalue weighted by atomic mass is 16.2. The highest BCUT2D eigenvalue weighted by Crippen LogP contribution is 2.22. The Labute approximate surface area is 157 Å². The van der Waals surface area contributed by atoms with Crippen LogP contribution in [0.25, 0.3) is 11.2 Å². The van der Waals surface area contributed by atoms with Gasteiger partial charge in [0, 0.05) is 32.7 Å². The van der Waals surface area contributed by atoms with Crippen molar-refractivity contribution in [2.45, 2.75) is 26.8 Å². The number of hydrogen-bond donors (Lipinski definition) is 0. The van der Waals surface area contributed by atoms with E-state index in [-0.39, 0.29) is 5.91 Å². The van der Waals surface area contributed by atoms with Crippen LogP contribution in [0.3, 0.4) is 0 Å². The van der Waals surface area contributed by atoms with Crippen molar-refractivity contribution in [2.24, 2.45) is 0 Å². The molecular weight excluding hydrogens is 342 g/mol. The van der Waals surface area contributed by atoms with Gasteiger partial charge in [-0.05, 0) is 19.4 Å². The molecule has 1 aromatic carbocycles. The Bertz CT molecular complexity index is 960.